The summed E-state index contributed by atoms with van der Waals surface area (Å²) < 4.78 is 5.16. The first-order valence-electron chi connectivity index (χ1n) is 9.45. The predicted octanol–water partition coefficient (Wildman–Crippen LogP) is 0.735. The van der Waals surface area contributed by atoms with Crippen LogP contribution in [0.15, 0.2) is 30.3 Å². The van der Waals surface area contributed by atoms with Gasteiger partial charge in [-0.3, -0.25) is 14.4 Å². The lowest BCUT2D eigenvalue weighted by molar-refractivity contribution is -0.152. The first kappa shape index (κ1) is 20.9. The molecule has 148 valence electrons. The van der Waals surface area contributed by atoms with Gasteiger partial charge in [-0.1, -0.05) is 44.2 Å². The number of carbonyl (C=O) groups is 3. The number of esters is 1. The Morgan fingerprint density at radius 3 is 2.74 bits per heavy atom. The first-order chi connectivity index (χ1) is 13.0. The fourth-order valence-corrected chi connectivity index (χ4v) is 2.87. The quantitative estimate of drug-likeness (QED) is 0.491. The molecule has 0 aliphatic carbocycles. The van der Waals surface area contributed by atoms with E-state index >= 15 is 0 Å². The van der Waals surface area contributed by atoms with E-state index in [9.17, 15) is 14.4 Å². The van der Waals surface area contributed by atoms with Gasteiger partial charge in [0.15, 0.2) is 0 Å². The second kappa shape index (κ2) is 10.7. The average Bonchev–Trinajstić information content (AvgIpc) is 2.66. The average molecular weight is 375 g/mol. The van der Waals surface area contributed by atoms with Crippen LogP contribution in [0.4, 0.5) is 0 Å². The van der Waals surface area contributed by atoms with Crippen molar-refractivity contribution < 1.29 is 19.1 Å². The van der Waals surface area contributed by atoms with Crippen molar-refractivity contribution in [2.75, 3.05) is 32.8 Å². The van der Waals surface area contributed by atoms with Crippen LogP contribution in [0.1, 0.15) is 25.8 Å². The highest BCUT2D eigenvalue weighted by molar-refractivity contribution is 5.92. The second-order valence-corrected chi connectivity index (χ2v) is 7.09. The van der Waals surface area contributed by atoms with Crippen LogP contribution >= 0.6 is 0 Å². The molecule has 0 spiro atoms. The van der Waals surface area contributed by atoms with Gasteiger partial charge in [0.2, 0.25) is 11.8 Å². The Bertz CT molecular complexity index is 633. The van der Waals surface area contributed by atoms with Crippen molar-refractivity contribution in [3.8, 4) is 0 Å². The molecule has 2 amide bonds. The Hall–Kier alpha value is -2.41. The molecule has 1 heterocycles. The van der Waals surface area contributed by atoms with Gasteiger partial charge in [-0.15, -0.1) is 0 Å². The number of carbonyl (C=O) groups excluding carboxylic acids is 3. The van der Waals surface area contributed by atoms with Crippen LogP contribution in [0.5, 0.6) is 0 Å². The maximum absolute atomic E-state index is 12.5. The molecule has 1 aliphatic heterocycles. The molecule has 1 atom stereocenters. The van der Waals surface area contributed by atoms with Crippen LogP contribution in [-0.2, 0) is 25.5 Å². The van der Waals surface area contributed by atoms with Gasteiger partial charge in [-0.2, -0.15) is 0 Å². The zero-order chi connectivity index (χ0) is 19.6. The van der Waals surface area contributed by atoms with Gasteiger partial charge in [0.05, 0.1) is 19.6 Å². The lowest BCUT2D eigenvalue weighted by Crippen LogP contribution is -2.59. The van der Waals surface area contributed by atoms with Gasteiger partial charge in [-0.25, -0.2) is 0 Å². The van der Waals surface area contributed by atoms with E-state index < -0.39 is 12.0 Å². The highest BCUT2D eigenvalue weighted by Crippen LogP contribution is 2.11. The van der Waals surface area contributed by atoms with Crippen LogP contribution < -0.4 is 10.6 Å². The van der Waals surface area contributed by atoms with Crippen molar-refractivity contribution in [3.05, 3.63) is 35.9 Å². The number of benzene rings is 1. The van der Waals surface area contributed by atoms with E-state index in [2.05, 4.69) is 10.6 Å². The molecular weight excluding hydrogens is 346 g/mol. The molecule has 0 saturated carbocycles. The SMILES string of the molecule is CC(C)COC(=O)CC1C(=O)NCCN1C(=O)CNCCc1ccccc1. The summed E-state index contributed by atoms with van der Waals surface area (Å²) >= 11 is 0. The summed E-state index contributed by atoms with van der Waals surface area (Å²) in [7, 11) is 0. The number of rotatable bonds is 9. The molecule has 1 fully saturated rings. The van der Waals surface area contributed by atoms with E-state index in [0.29, 0.717) is 26.2 Å². The maximum atomic E-state index is 12.5. The molecule has 7 heteroatoms. The fraction of sp³-hybridized carbons (Fsp3) is 0.550. The molecular formula is C20H29N3O4. The molecule has 1 saturated heterocycles. The van der Waals surface area contributed by atoms with Crippen molar-refractivity contribution >= 4 is 17.8 Å². The van der Waals surface area contributed by atoms with Crippen molar-refractivity contribution in [2.45, 2.75) is 32.7 Å². The number of nitrogens with one attached hydrogen (secondary N) is 2. The Labute approximate surface area is 160 Å². The highest BCUT2D eigenvalue weighted by atomic mass is 16.5. The largest absolute Gasteiger partial charge is 0.465 e. The van der Waals surface area contributed by atoms with Gasteiger partial charge < -0.3 is 20.3 Å². The van der Waals surface area contributed by atoms with Gasteiger partial charge in [0.25, 0.3) is 0 Å². The van der Waals surface area contributed by atoms with Gasteiger partial charge in [-0.05, 0) is 24.4 Å². The van der Waals surface area contributed by atoms with Gasteiger partial charge in [0, 0.05) is 13.1 Å². The minimum Gasteiger partial charge on any atom is -0.465 e. The zero-order valence-electron chi connectivity index (χ0n) is 16.1. The van der Waals surface area contributed by atoms with E-state index in [-0.39, 0.29) is 30.7 Å². The molecule has 7 nitrogen and oxygen atoms in total. The summed E-state index contributed by atoms with van der Waals surface area (Å²) in [4.78, 5) is 38.2. The lowest BCUT2D eigenvalue weighted by Gasteiger charge is -2.34. The number of hydrogen-bond donors (Lipinski definition) is 2. The molecule has 0 bridgehead atoms. The minimum absolute atomic E-state index is 0.117. The molecule has 0 aromatic heterocycles. The first-order valence-corrected chi connectivity index (χ1v) is 9.45. The van der Waals surface area contributed by atoms with Crippen LogP contribution in [0, 0.1) is 5.92 Å². The third-order valence-corrected chi connectivity index (χ3v) is 4.30. The third kappa shape index (κ3) is 7.02. The Morgan fingerprint density at radius 1 is 1.30 bits per heavy atom. The smallest absolute Gasteiger partial charge is 0.308 e. The van der Waals surface area contributed by atoms with E-state index in [0.717, 1.165) is 6.42 Å². The number of hydrogen-bond acceptors (Lipinski definition) is 5. The summed E-state index contributed by atoms with van der Waals surface area (Å²) in [5.41, 5.74) is 1.19. The normalized spacial score (nSPS) is 16.9. The zero-order valence-corrected chi connectivity index (χ0v) is 16.1. The Kier molecular flexibility index (Phi) is 8.26. The standard InChI is InChI=1S/C20H29N3O4/c1-15(2)14-27-19(25)12-17-20(26)22-10-11-23(17)18(24)13-21-9-8-16-6-4-3-5-7-16/h3-7,15,17,21H,8-14H2,1-2H3,(H,22,26). The van der Waals surface area contributed by atoms with Gasteiger partial charge >= 0.3 is 5.97 Å². The van der Waals surface area contributed by atoms with Crippen molar-refractivity contribution in [3.63, 3.8) is 0 Å². The van der Waals surface area contributed by atoms with Crippen LogP contribution in [0.25, 0.3) is 0 Å². The molecule has 1 aliphatic rings. The van der Waals surface area contributed by atoms with Crippen LogP contribution in [0.2, 0.25) is 0 Å². The van der Waals surface area contributed by atoms with E-state index in [1.165, 1.54) is 10.5 Å². The monoisotopic (exact) mass is 375 g/mol. The molecule has 27 heavy (non-hydrogen) atoms. The van der Waals surface area contributed by atoms with E-state index in [4.69, 9.17) is 4.74 Å². The van der Waals surface area contributed by atoms with Gasteiger partial charge in [0.1, 0.15) is 6.04 Å². The summed E-state index contributed by atoms with van der Waals surface area (Å²) in [5, 5.41) is 5.84. The van der Waals surface area contributed by atoms with Crippen molar-refractivity contribution in [2.24, 2.45) is 5.92 Å². The summed E-state index contributed by atoms with van der Waals surface area (Å²) in [6, 6.07) is 9.20. The summed E-state index contributed by atoms with van der Waals surface area (Å²) in [6.45, 7) is 5.78. The summed E-state index contributed by atoms with van der Waals surface area (Å²) in [5.74, 6) is -0.721. The number of amides is 2. The van der Waals surface area contributed by atoms with Crippen molar-refractivity contribution in [1.29, 1.82) is 0 Å². The number of ether oxygens (including phenoxy) is 1. The third-order valence-electron chi connectivity index (χ3n) is 4.30. The molecule has 2 N–H and O–H groups in total. The molecule has 1 aromatic rings. The molecule has 1 aromatic carbocycles. The predicted molar refractivity (Wildman–Crippen MR) is 102 cm³/mol. The number of piperazine rings is 1. The Morgan fingerprint density at radius 2 is 2.04 bits per heavy atom. The Balaban J connectivity index is 1.82. The molecule has 0 radical (unpaired) electrons. The van der Waals surface area contributed by atoms with Crippen LogP contribution in [-0.4, -0.2) is 61.5 Å². The molecule has 1 unspecified atom stereocenters. The van der Waals surface area contributed by atoms with E-state index in [1.807, 2.05) is 44.2 Å². The molecule has 2 rings (SSSR count). The van der Waals surface area contributed by atoms with E-state index in [1.54, 1.807) is 0 Å². The van der Waals surface area contributed by atoms with Crippen LogP contribution in [0.3, 0.4) is 0 Å². The lowest BCUT2D eigenvalue weighted by atomic mass is 10.1. The summed E-state index contributed by atoms with van der Waals surface area (Å²) in [6.07, 6.45) is 0.702. The highest BCUT2D eigenvalue weighted by Gasteiger charge is 2.34. The maximum Gasteiger partial charge on any atom is 0.308 e. The van der Waals surface area contributed by atoms with Crippen molar-refractivity contribution in [1.82, 2.24) is 15.5 Å². The fourth-order valence-electron chi connectivity index (χ4n) is 2.87. The number of nitrogens with zero attached hydrogens (tertiary/aromatic N) is 1. The topological polar surface area (TPSA) is 87.7 Å². The minimum atomic E-state index is -0.804. The second-order valence-electron chi connectivity index (χ2n) is 7.09.